The van der Waals surface area contributed by atoms with E-state index in [1.165, 1.54) is 18.2 Å². The molecule has 1 fully saturated rings. The van der Waals surface area contributed by atoms with Gasteiger partial charge in [0.15, 0.2) is 0 Å². The van der Waals surface area contributed by atoms with Gasteiger partial charge in [-0.05, 0) is 19.1 Å². The van der Waals surface area contributed by atoms with Crippen LogP contribution >= 0.6 is 0 Å². The van der Waals surface area contributed by atoms with Crippen molar-refractivity contribution in [1.82, 2.24) is 9.80 Å². The third kappa shape index (κ3) is 4.16. The molecule has 1 atom stereocenters. The molecule has 2 amide bonds. The second kappa shape index (κ2) is 7.36. The molecular formula is C15H19F2N3O3. The van der Waals surface area contributed by atoms with Gasteiger partial charge in [0.1, 0.15) is 5.75 Å². The van der Waals surface area contributed by atoms with Gasteiger partial charge in [-0.1, -0.05) is 12.1 Å². The number of hydrogen-bond donors (Lipinski definition) is 1. The summed E-state index contributed by atoms with van der Waals surface area (Å²) >= 11 is 0. The van der Waals surface area contributed by atoms with Crippen molar-refractivity contribution in [3.8, 4) is 5.75 Å². The molecule has 0 aliphatic carbocycles. The number of primary amides is 1. The lowest BCUT2D eigenvalue weighted by molar-refractivity contribution is -0.123. The van der Waals surface area contributed by atoms with Crippen molar-refractivity contribution in [3.63, 3.8) is 0 Å². The number of hydrogen-bond acceptors (Lipinski definition) is 4. The highest BCUT2D eigenvalue weighted by molar-refractivity contribution is 5.97. The maximum Gasteiger partial charge on any atom is 0.387 e. The van der Waals surface area contributed by atoms with Crippen LogP contribution < -0.4 is 10.5 Å². The van der Waals surface area contributed by atoms with E-state index in [1.807, 2.05) is 4.90 Å². The standard InChI is InChI=1S/C15H19F2N3O3/c1-10(13(18)21)19-6-8-20(9-7-19)14(22)11-4-2-3-5-12(11)23-15(16)17/h2-5,10,15H,6-9H2,1H3,(H2,18,21). The van der Waals surface area contributed by atoms with E-state index >= 15 is 0 Å². The zero-order valence-corrected chi connectivity index (χ0v) is 12.7. The van der Waals surface area contributed by atoms with Gasteiger partial charge >= 0.3 is 6.61 Å². The molecule has 1 aliphatic heterocycles. The van der Waals surface area contributed by atoms with Gasteiger partial charge < -0.3 is 15.4 Å². The summed E-state index contributed by atoms with van der Waals surface area (Å²) < 4.78 is 29.2. The summed E-state index contributed by atoms with van der Waals surface area (Å²) in [6.45, 7) is 0.489. The third-order valence-corrected chi connectivity index (χ3v) is 3.89. The number of halogens is 2. The molecule has 0 bridgehead atoms. The minimum atomic E-state index is -2.99. The van der Waals surface area contributed by atoms with Crippen molar-refractivity contribution < 1.29 is 23.1 Å². The number of para-hydroxylation sites is 1. The first-order valence-corrected chi connectivity index (χ1v) is 7.26. The van der Waals surface area contributed by atoms with E-state index < -0.39 is 18.6 Å². The summed E-state index contributed by atoms with van der Waals surface area (Å²) in [4.78, 5) is 27.1. The number of ether oxygens (including phenoxy) is 1. The average Bonchev–Trinajstić information content (AvgIpc) is 2.53. The first kappa shape index (κ1) is 17.1. The Morgan fingerprint density at radius 3 is 2.35 bits per heavy atom. The van der Waals surface area contributed by atoms with E-state index in [9.17, 15) is 18.4 Å². The van der Waals surface area contributed by atoms with E-state index in [-0.39, 0.29) is 17.2 Å². The highest BCUT2D eigenvalue weighted by Gasteiger charge is 2.28. The van der Waals surface area contributed by atoms with Crippen LogP contribution in [0.4, 0.5) is 8.78 Å². The molecule has 6 nitrogen and oxygen atoms in total. The predicted molar refractivity (Wildman–Crippen MR) is 79.2 cm³/mol. The summed E-state index contributed by atoms with van der Waals surface area (Å²) in [5, 5.41) is 0. The first-order valence-electron chi connectivity index (χ1n) is 7.26. The molecular weight excluding hydrogens is 308 g/mol. The molecule has 8 heteroatoms. The van der Waals surface area contributed by atoms with Crippen molar-refractivity contribution in [2.24, 2.45) is 5.73 Å². The van der Waals surface area contributed by atoms with Crippen LogP contribution in [0.25, 0.3) is 0 Å². The van der Waals surface area contributed by atoms with Crippen LogP contribution in [-0.4, -0.2) is 60.4 Å². The Hall–Kier alpha value is -2.22. The summed E-state index contributed by atoms with van der Waals surface area (Å²) in [6, 6.07) is 5.52. The second-order valence-corrected chi connectivity index (χ2v) is 5.28. The largest absolute Gasteiger partial charge is 0.434 e. The predicted octanol–water partition coefficient (Wildman–Crippen LogP) is 0.920. The smallest absolute Gasteiger partial charge is 0.387 e. The summed E-state index contributed by atoms with van der Waals surface area (Å²) in [5.41, 5.74) is 5.37. The molecule has 0 spiro atoms. The summed E-state index contributed by atoms with van der Waals surface area (Å²) in [7, 11) is 0. The Balaban J connectivity index is 2.04. The number of nitrogens with two attached hydrogens (primary N) is 1. The fourth-order valence-corrected chi connectivity index (χ4v) is 2.50. The number of nitrogens with zero attached hydrogens (tertiary/aromatic N) is 2. The topological polar surface area (TPSA) is 75.9 Å². The van der Waals surface area contributed by atoms with E-state index in [4.69, 9.17) is 5.73 Å². The summed E-state index contributed by atoms with van der Waals surface area (Å²) in [6.07, 6.45) is 0. The van der Waals surface area contributed by atoms with Crippen molar-refractivity contribution in [2.45, 2.75) is 19.6 Å². The molecule has 23 heavy (non-hydrogen) atoms. The lowest BCUT2D eigenvalue weighted by Gasteiger charge is -2.37. The number of amides is 2. The number of carbonyl (C=O) groups is 2. The quantitative estimate of drug-likeness (QED) is 0.872. The number of benzene rings is 1. The van der Waals surface area contributed by atoms with Crippen molar-refractivity contribution in [3.05, 3.63) is 29.8 Å². The highest BCUT2D eigenvalue weighted by Crippen LogP contribution is 2.22. The van der Waals surface area contributed by atoms with Gasteiger partial charge in [0.05, 0.1) is 11.6 Å². The van der Waals surface area contributed by atoms with Gasteiger partial charge in [0.2, 0.25) is 5.91 Å². The third-order valence-electron chi connectivity index (χ3n) is 3.89. The Morgan fingerprint density at radius 2 is 1.78 bits per heavy atom. The Labute approximate surface area is 132 Å². The van der Waals surface area contributed by atoms with Gasteiger partial charge in [0.25, 0.3) is 5.91 Å². The van der Waals surface area contributed by atoms with Crippen LogP contribution in [0.15, 0.2) is 24.3 Å². The summed E-state index contributed by atoms with van der Waals surface area (Å²) in [5.74, 6) is -0.923. The molecule has 0 saturated carbocycles. The molecule has 1 aromatic carbocycles. The number of piperazine rings is 1. The zero-order chi connectivity index (χ0) is 17.0. The fraction of sp³-hybridized carbons (Fsp3) is 0.467. The molecule has 126 valence electrons. The van der Waals surface area contributed by atoms with Crippen LogP contribution in [-0.2, 0) is 4.79 Å². The van der Waals surface area contributed by atoms with Crippen LogP contribution in [0, 0.1) is 0 Å². The molecule has 0 radical (unpaired) electrons. The molecule has 1 saturated heterocycles. The lowest BCUT2D eigenvalue weighted by atomic mass is 10.1. The molecule has 1 heterocycles. The van der Waals surface area contributed by atoms with Gasteiger partial charge in [0, 0.05) is 26.2 Å². The van der Waals surface area contributed by atoms with Crippen molar-refractivity contribution in [1.29, 1.82) is 0 Å². The normalized spacial score (nSPS) is 17.1. The zero-order valence-electron chi connectivity index (χ0n) is 12.7. The Kier molecular flexibility index (Phi) is 5.49. The maximum atomic E-state index is 12.5. The van der Waals surface area contributed by atoms with Crippen LogP contribution in [0.3, 0.4) is 0 Å². The van der Waals surface area contributed by atoms with Gasteiger partial charge in [-0.3, -0.25) is 14.5 Å². The van der Waals surface area contributed by atoms with Crippen molar-refractivity contribution >= 4 is 11.8 Å². The van der Waals surface area contributed by atoms with Crippen LogP contribution in [0.2, 0.25) is 0 Å². The number of rotatable bonds is 5. The molecule has 2 rings (SSSR count). The fourth-order valence-electron chi connectivity index (χ4n) is 2.50. The van der Waals surface area contributed by atoms with E-state index in [0.29, 0.717) is 26.2 Å². The van der Waals surface area contributed by atoms with Gasteiger partial charge in [-0.2, -0.15) is 8.78 Å². The Bertz CT molecular complexity index is 575. The van der Waals surface area contributed by atoms with Gasteiger partial charge in [-0.25, -0.2) is 0 Å². The van der Waals surface area contributed by atoms with E-state index in [2.05, 4.69) is 4.74 Å². The van der Waals surface area contributed by atoms with Gasteiger partial charge in [-0.15, -0.1) is 0 Å². The van der Waals surface area contributed by atoms with Crippen molar-refractivity contribution in [2.75, 3.05) is 26.2 Å². The average molecular weight is 327 g/mol. The number of alkyl halides is 2. The molecule has 1 unspecified atom stereocenters. The van der Waals surface area contributed by atoms with E-state index in [0.717, 1.165) is 0 Å². The lowest BCUT2D eigenvalue weighted by Crippen LogP contribution is -2.54. The SMILES string of the molecule is CC(C(N)=O)N1CCN(C(=O)c2ccccc2OC(F)F)CC1. The first-order chi connectivity index (χ1) is 10.9. The minimum Gasteiger partial charge on any atom is -0.434 e. The number of carbonyl (C=O) groups excluding carboxylic acids is 2. The van der Waals surface area contributed by atoms with E-state index in [1.54, 1.807) is 17.9 Å². The van der Waals surface area contributed by atoms with Crippen LogP contribution in [0.5, 0.6) is 5.75 Å². The monoisotopic (exact) mass is 327 g/mol. The molecule has 1 aliphatic rings. The second-order valence-electron chi connectivity index (χ2n) is 5.28. The molecule has 1 aromatic rings. The molecule has 2 N–H and O–H groups in total. The maximum absolute atomic E-state index is 12.5. The Morgan fingerprint density at radius 1 is 1.17 bits per heavy atom. The highest BCUT2D eigenvalue weighted by atomic mass is 19.3. The van der Waals surface area contributed by atoms with Crippen LogP contribution in [0.1, 0.15) is 17.3 Å². The molecule has 0 aromatic heterocycles. The minimum absolute atomic E-state index is 0.101.